The second kappa shape index (κ2) is 8.43. The van der Waals surface area contributed by atoms with Crippen LogP contribution in [0, 0.1) is 13.8 Å². The zero-order valence-corrected chi connectivity index (χ0v) is 17.4. The highest BCUT2D eigenvalue weighted by Crippen LogP contribution is 2.32. The second-order valence-corrected chi connectivity index (χ2v) is 7.98. The first-order chi connectivity index (χ1) is 14.0. The van der Waals surface area contributed by atoms with Crippen LogP contribution in [0.1, 0.15) is 23.6 Å². The summed E-state index contributed by atoms with van der Waals surface area (Å²) in [7, 11) is 0. The number of fused-ring (bicyclic) bond motifs is 1. The van der Waals surface area contributed by atoms with Crippen LogP contribution in [0.4, 0.5) is 5.69 Å². The molecule has 2 aliphatic heterocycles. The van der Waals surface area contributed by atoms with Crippen molar-refractivity contribution < 1.29 is 14.3 Å². The molecule has 2 heterocycles. The van der Waals surface area contributed by atoms with Crippen molar-refractivity contribution in [2.45, 2.75) is 33.4 Å². The summed E-state index contributed by atoms with van der Waals surface area (Å²) in [5, 5.41) is 3.09. The number of hydrogen-bond acceptors (Lipinski definition) is 5. The Labute approximate surface area is 172 Å². The van der Waals surface area contributed by atoms with E-state index < -0.39 is 0 Å². The number of ether oxygens (including phenoxy) is 2. The Kier molecular flexibility index (Phi) is 5.74. The zero-order chi connectivity index (χ0) is 20.4. The van der Waals surface area contributed by atoms with Gasteiger partial charge in [-0.05, 0) is 50.1 Å². The Bertz CT molecular complexity index is 891. The molecular weight excluding hydrogens is 366 g/mol. The minimum absolute atomic E-state index is 0.0566. The lowest BCUT2D eigenvalue weighted by Crippen LogP contribution is -2.52. The lowest BCUT2D eigenvalue weighted by atomic mass is 10.1. The smallest absolute Gasteiger partial charge is 0.241 e. The molecule has 6 heteroatoms. The highest BCUT2D eigenvalue weighted by atomic mass is 16.7. The van der Waals surface area contributed by atoms with Crippen LogP contribution in [0.3, 0.4) is 0 Å². The molecule has 2 aromatic carbocycles. The van der Waals surface area contributed by atoms with Gasteiger partial charge in [-0.2, -0.15) is 0 Å². The van der Waals surface area contributed by atoms with Crippen molar-refractivity contribution in [1.29, 1.82) is 0 Å². The standard InChI is InChI=1S/C23H29N3O3/c1-16-4-6-20(17(2)12-16)24-23(27)18(3)26-10-8-25(9-11-26)14-19-5-7-21-22(13-19)29-15-28-21/h4-7,12-13,18H,8-11,14-15H2,1-3H3,(H,24,27)/t18-/m0/s1. The summed E-state index contributed by atoms with van der Waals surface area (Å²) in [4.78, 5) is 17.4. The van der Waals surface area contributed by atoms with Crippen LogP contribution in [0.2, 0.25) is 0 Å². The number of carbonyl (C=O) groups excluding carboxylic acids is 1. The van der Waals surface area contributed by atoms with E-state index >= 15 is 0 Å². The number of rotatable bonds is 5. The van der Waals surface area contributed by atoms with Gasteiger partial charge >= 0.3 is 0 Å². The molecule has 6 nitrogen and oxygen atoms in total. The number of benzene rings is 2. The van der Waals surface area contributed by atoms with E-state index in [2.05, 4.69) is 40.2 Å². The van der Waals surface area contributed by atoms with Gasteiger partial charge in [0.15, 0.2) is 11.5 Å². The van der Waals surface area contributed by atoms with Gasteiger partial charge in [-0.15, -0.1) is 0 Å². The first-order valence-corrected chi connectivity index (χ1v) is 10.2. The van der Waals surface area contributed by atoms with Gasteiger partial charge in [0.2, 0.25) is 12.7 Å². The molecule has 0 unspecified atom stereocenters. The Morgan fingerprint density at radius 3 is 2.55 bits per heavy atom. The molecular formula is C23H29N3O3. The highest BCUT2D eigenvalue weighted by Gasteiger charge is 2.26. The third-order valence-electron chi connectivity index (χ3n) is 5.82. The van der Waals surface area contributed by atoms with Gasteiger partial charge in [0.05, 0.1) is 6.04 Å². The van der Waals surface area contributed by atoms with E-state index in [4.69, 9.17) is 9.47 Å². The number of carbonyl (C=O) groups is 1. The van der Waals surface area contributed by atoms with E-state index in [-0.39, 0.29) is 11.9 Å². The predicted molar refractivity (Wildman–Crippen MR) is 113 cm³/mol. The third-order valence-corrected chi connectivity index (χ3v) is 5.82. The number of nitrogens with one attached hydrogen (secondary N) is 1. The minimum Gasteiger partial charge on any atom is -0.454 e. The number of piperazine rings is 1. The van der Waals surface area contributed by atoms with Crippen molar-refractivity contribution in [1.82, 2.24) is 9.80 Å². The highest BCUT2D eigenvalue weighted by molar-refractivity contribution is 5.95. The lowest BCUT2D eigenvalue weighted by Gasteiger charge is -2.37. The summed E-state index contributed by atoms with van der Waals surface area (Å²) in [6.45, 7) is 10.9. The van der Waals surface area contributed by atoms with E-state index in [1.807, 2.05) is 32.0 Å². The summed E-state index contributed by atoms with van der Waals surface area (Å²) < 4.78 is 10.9. The number of aryl methyl sites for hydroxylation is 2. The van der Waals surface area contributed by atoms with Crippen LogP contribution in [-0.2, 0) is 11.3 Å². The van der Waals surface area contributed by atoms with Gasteiger partial charge in [-0.25, -0.2) is 0 Å². The molecule has 1 N–H and O–H groups in total. The van der Waals surface area contributed by atoms with Crippen molar-refractivity contribution >= 4 is 11.6 Å². The van der Waals surface area contributed by atoms with Crippen molar-refractivity contribution in [2.24, 2.45) is 0 Å². The largest absolute Gasteiger partial charge is 0.454 e. The normalized spacial score (nSPS) is 17.9. The number of hydrogen-bond donors (Lipinski definition) is 1. The van der Waals surface area contributed by atoms with E-state index in [1.165, 1.54) is 11.1 Å². The fraction of sp³-hybridized carbons (Fsp3) is 0.435. The van der Waals surface area contributed by atoms with Crippen LogP contribution in [0.25, 0.3) is 0 Å². The van der Waals surface area contributed by atoms with Gasteiger partial charge in [-0.1, -0.05) is 23.8 Å². The van der Waals surface area contributed by atoms with Crippen molar-refractivity contribution in [3.8, 4) is 11.5 Å². The van der Waals surface area contributed by atoms with Gasteiger partial charge in [0.25, 0.3) is 0 Å². The Hall–Kier alpha value is -2.57. The van der Waals surface area contributed by atoms with E-state index in [9.17, 15) is 4.79 Å². The van der Waals surface area contributed by atoms with E-state index in [0.29, 0.717) is 6.79 Å². The molecule has 4 rings (SSSR count). The van der Waals surface area contributed by atoms with Gasteiger partial charge in [0.1, 0.15) is 0 Å². The predicted octanol–water partition coefficient (Wildman–Crippen LogP) is 3.18. The van der Waals surface area contributed by atoms with Crippen LogP contribution < -0.4 is 14.8 Å². The third kappa shape index (κ3) is 4.54. The van der Waals surface area contributed by atoms with Crippen molar-refractivity contribution in [3.05, 3.63) is 53.1 Å². The fourth-order valence-corrected chi connectivity index (χ4v) is 3.96. The summed E-state index contributed by atoms with van der Waals surface area (Å²) in [5.41, 5.74) is 4.42. The molecule has 2 aromatic rings. The summed E-state index contributed by atoms with van der Waals surface area (Å²) in [6, 6.07) is 12.1. The number of amides is 1. The Balaban J connectivity index is 1.29. The van der Waals surface area contributed by atoms with Crippen LogP contribution in [0.15, 0.2) is 36.4 Å². The molecule has 2 aliphatic rings. The molecule has 0 spiro atoms. The topological polar surface area (TPSA) is 54.0 Å². The van der Waals surface area contributed by atoms with Crippen LogP contribution in [0.5, 0.6) is 11.5 Å². The molecule has 0 radical (unpaired) electrons. The Morgan fingerprint density at radius 2 is 1.79 bits per heavy atom. The molecule has 1 amide bonds. The number of nitrogens with zero attached hydrogens (tertiary/aromatic N) is 2. The summed E-state index contributed by atoms with van der Waals surface area (Å²) in [5.74, 6) is 1.71. The molecule has 0 saturated carbocycles. The van der Waals surface area contributed by atoms with Crippen LogP contribution >= 0.6 is 0 Å². The maximum absolute atomic E-state index is 12.7. The minimum atomic E-state index is -0.150. The Morgan fingerprint density at radius 1 is 1.03 bits per heavy atom. The first-order valence-electron chi connectivity index (χ1n) is 10.2. The van der Waals surface area contributed by atoms with E-state index in [1.54, 1.807) is 0 Å². The fourth-order valence-electron chi connectivity index (χ4n) is 3.96. The molecule has 154 valence electrons. The molecule has 0 bridgehead atoms. The summed E-state index contributed by atoms with van der Waals surface area (Å²) in [6.07, 6.45) is 0. The second-order valence-electron chi connectivity index (χ2n) is 7.98. The van der Waals surface area contributed by atoms with Gasteiger partial charge in [-0.3, -0.25) is 14.6 Å². The zero-order valence-electron chi connectivity index (χ0n) is 17.4. The van der Waals surface area contributed by atoms with E-state index in [0.717, 1.165) is 55.5 Å². The average Bonchev–Trinajstić information content (AvgIpc) is 3.18. The average molecular weight is 396 g/mol. The SMILES string of the molecule is Cc1ccc(NC(=O)[C@H](C)N2CCN(Cc3ccc4c(c3)OCO4)CC2)c(C)c1. The quantitative estimate of drug-likeness (QED) is 0.843. The van der Waals surface area contributed by atoms with Gasteiger partial charge in [0, 0.05) is 38.4 Å². The lowest BCUT2D eigenvalue weighted by molar-refractivity contribution is -0.121. The van der Waals surface area contributed by atoms with Crippen molar-refractivity contribution in [2.75, 3.05) is 38.3 Å². The molecule has 1 fully saturated rings. The first kappa shape index (κ1) is 19.7. The van der Waals surface area contributed by atoms with Gasteiger partial charge < -0.3 is 14.8 Å². The number of anilines is 1. The van der Waals surface area contributed by atoms with Crippen molar-refractivity contribution in [3.63, 3.8) is 0 Å². The molecule has 0 aliphatic carbocycles. The molecule has 1 saturated heterocycles. The maximum atomic E-state index is 12.7. The molecule has 29 heavy (non-hydrogen) atoms. The molecule has 1 atom stereocenters. The van der Waals surface area contributed by atoms with Crippen LogP contribution in [-0.4, -0.2) is 54.7 Å². The maximum Gasteiger partial charge on any atom is 0.241 e. The molecule has 0 aromatic heterocycles. The summed E-state index contributed by atoms with van der Waals surface area (Å²) >= 11 is 0. The monoisotopic (exact) mass is 395 g/mol.